The van der Waals surface area contributed by atoms with Crippen molar-refractivity contribution in [2.45, 2.75) is 6.04 Å². The van der Waals surface area contributed by atoms with Crippen molar-refractivity contribution in [3.05, 3.63) is 29.3 Å². The van der Waals surface area contributed by atoms with Crippen LogP contribution in [0.1, 0.15) is 11.6 Å². The summed E-state index contributed by atoms with van der Waals surface area (Å²) in [4.78, 5) is 22.2. The molecule has 1 saturated heterocycles. The number of urea groups is 1. The largest absolute Gasteiger partial charge is 0.497 e. The van der Waals surface area contributed by atoms with Gasteiger partial charge in [0, 0.05) is 12.1 Å². The molecule has 0 aliphatic carbocycles. The fraction of sp³-hybridized carbons (Fsp3) is 0.200. The van der Waals surface area contributed by atoms with E-state index in [-0.39, 0.29) is 5.75 Å². The normalized spacial score (nSPS) is 18.9. The van der Waals surface area contributed by atoms with Crippen molar-refractivity contribution in [3.63, 3.8) is 0 Å². The van der Waals surface area contributed by atoms with E-state index in [2.05, 4.69) is 10.1 Å². The zero-order valence-electron chi connectivity index (χ0n) is 8.71. The molecule has 1 aliphatic rings. The first-order chi connectivity index (χ1) is 8.02. The van der Waals surface area contributed by atoms with Crippen LogP contribution in [0, 0.1) is 11.6 Å². The zero-order chi connectivity index (χ0) is 12.6. The molecule has 17 heavy (non-hydrogen) atoms. The monoisotopic (exact) mass is 242 g/mol. The number of carbonyl (C=O) groups is 2. The third kappa shape index (κ3) is 1.91. The van der Waals surface area contributed by atoms with Gasteiger partial charge in [-0.1, -0.05) is 0 Å². The van der Waals surface area contributed by atoms with Gasteiger partial charge in [0.1, 0.15) is 23.4 Å². The molecule has 90 valence electrons. The summed E-state index contributed by atoms with van der Waals surface area (Å²) in [6.07, 6.45) is 0. The molecule has 1 aromatic carbocycles. The number of carbonyl (C=O) groups excluding carboxylic acids is 2. The second-order valence-corrected chi connectivity index (χ2v) is 3.40. The Bertz CT molecular complexity index is 481. The van der Waals surface area contributed by atoms with E-state index in [0.717, 1.165) is 12.1 Å². The molecular weight excluding hydrogens is 234 g/mol. The van der Waals surface area contributed by atoms with Crippen LogP contribution in [0.3, 0.4) is 0 Å². The van der Waals surface area contributed by atoms with Gasteiger partial charge in [-0.2, -0.15) is 0 Å². The van der Waals surface area contributed by atoms with Gasteiger partial charge in [-0.25, -0.2) is 13.6 Å². The van der Waals surface area contributed by atoms with Gasteiger partial charge in [0.2, 0.25) is 0 Å². The lowest BCUT2D eigenvalue weighted by molar-refractivity contribution is -0.120. The van der Waals surface area contributed by atoms with Crippen molar-refractivity contribution in [2.75, 3.05) is 7.11 Å². The average molecular weight is 242 g/mol. The van der Waals surface area contributed by atoms with Gasteiger partial charge in [-0.05, 0) is 0 Å². The maximum atomic E-state index is 13.6. The van der Waals surface area contributed by atoms with Crippen molar-refractivity contribution in [1.29, 1.82) is 0 Å². The molecule has 0 spiro atoms. The average Bonchev–Trinajstić information content (AvgIpc) is 2.57. The number of hydrogen-bond acceptors (Lipinski definition) is 3. The molecule has 5 nitrogen and oxygen atoms in total. The second-order valence-electron chi connectivity index (χ2n) is 3.40. The topological polar surface area (TPSA) is 67.4 Å². The molecule has 0 aromatic heterocycles. The van der Waals surface area contributed by atoms with Crippen LogP contribution in [-0.2, 0) is 4.79 Å². The Kier molecular flexibility index (Phi) is 2.66. The number of benzene rings is 1. The van der Waals surface area contributed by atoms with E-state index in [1.54, 1.807) is 0 Å². The van der Waals surface area contributed by atoms with E-state index in [9.17, 15) is 18.4 Å². The standard InChI is InChI=1S/C10H8F2N2O3/c1-17-4-2-5(11)7(6(12)3-4)8-9(15)14-10(16)13-8/h2-3,8H,1H3,(H2,13,14,15,16). The minimum Gasteiger partial charge on any atom is -0.497 e. The van der Waals surface area contributed by atoms with Gasteiger partial charge in [-0.3, -0.25) is 10.1 Å². The summed E-state index contributed by atoms with van der Waals surface area (Å²) in [6, 6.07) is -0.255. The predicted molar refractivity (Wildman–Crippen MR) is 52.3 cm³/mol. The van der Waals surface area contributed by atoms with Crippen LogP contribution in [0.15, 0.2) is 12.1 Å². The summed E-state index contributed by atoms with van der Waals surface area (Å²) in [5, 5.41) is 4.01. The first kappa shape index (κ1) is 11.3. The van der Waals surface area contributed by atoms with Crippen LogP contribution >= 0.6 is 0 Å². The van der Waals surface area contributed by atoms with Crippen LogP contribution in [0.25, 0.3) is 0 Å². The van der Waals surface area contributed by atoms with Gasteiger partial charge in [0.05, 0.1) is 12.7 Å². The van der Waals surface area contributed by atoms with Gasteiger partial charge < -0.3 is 10.1 Å². The molecule has 1 fully saturated rings. The Morgan fingerprint density at radius 2 is 1.82 bits per heavy atom. The number of amides is 3. The molecule has 3 amide bonds. The van der Waals surface area contributed by atoms with Crippen LogP contribution < -0.4 is 15.4 Å². The maximum absolute atomic E-state index is 13.6. The number of rotatable bonds is 2. The van der Waals surface area contributed by atoms with E-state index >= 15 is 0 Å². The van der Waals surface area contributed by atoms with Crippen molar-refractivity contribution in [3.8, 4) is 5.75 Å². The Balaban J connectivity index is 2.45. The molecule has 1 aliphatic heterocycles. The Morgan fingerprint density at radius 3 is 2.24 bits per heavy atom. The van der Waals surface area contributed by atoms with Crippen molar-refractivity contribution in [1.82, 2.24) is 10.6 Å². The second kappa shape index (κ2) is 4.00. The van der Waals surface area contributed by atoms with E-state index in [1.807, 2.05) is 5.32 Å². The summed E-state index contributed by atoms with van der Waals surface area (Å²) >= 11 is 0. The van der Waals surface area contributed by atoms with Crippen molar-refractivity contribution >= 4 is 11.9 Å². The fourth-order valence-corrected chi connectivity index (χ4v) is 1.57. The van der Waals surface area contributed by atoms with Crippen LogP contribution in [-0.4, -0.2) is 19.0 Å². The van der Waals surface area contributed by atoms with Crippen LogP contribution in [0.4, 0.5) is 13.6 Å². The first-order valence-corrected chi connectivity index (χ1v) is 4.67. The molecule has 1 heterocycles. The van der Waals surface area contributed by atoms with Gasteiger partial charge in [0.25, 0.3) is 5.91 Å². The van der Waals surface area contributed by atoms with Crippen molar-refractivity contribution < 1.29 is 23.1 Å². The fourth-order valence-electron chi connectivity index (χ4n) is 1.57. The molecule has 7 heteroatoms. The summed E-state index contributed by atoms with van der Waals surface area (Å²) in [5.41, 5.74) is -0.505. The van der Waals surface area contributed by atoms with E-state index in [0.29, 0.717) is 0 Å². The summed E-state index contributed by atoms with van der Waals surface area (Å²) in [5.74, 6) is -2.71. The number of halogens is 2. The lowest BCUT2D eigenvalue weighted by Crippen LogP contribution is -2.22. The van der Waals surface area contributed by atoms with Gasteiger partial charge in [0.15, 0.2) is 0 Å². The third-order valence-corrected chi connectivity index (χ3v) is 2.35. The molecule has 2 rings (SSSR count). The SMILES string of the molecule is COc1cc(F)c(C2NC(=O)NC2=O)c(F)c1. The van der Waals surface area contributed by atoms with Crippen molar-refractivity contribution in [2.24, 2.45) is 0 Å². The summed E-state index contributed by atoms with van der Waals surface area (Å²) in [6.45, 7) is 0. The Labute approximate surface area is 94.8 Å². The smallest absolute Gasteiger partial charge is 0.322 e. The lowest BCUT2D eigenvalue weighted by Gasteiger charge is -2.11. The van der Waals surface area contributed by atoms with Crippen LogP contribution in [0.2, 0.25) is 0 Å². The molecule has 1 atom stereocenters. The minimum absolute atomic E-state index is 0.00604. The van der Waals surface area contributed by atoms with Gasteiger partial charge >= 0.3 is 6.03 Å². The molecule has 0 radical (unpaired) electrons. The lowest BCUT2D eigenvalue weighted by atomic mass is 10.1. The number of ether oxygens (including phenoxy) is 1. The first-order valence-electron chi connectivity index (χ1n) is 4.67. The van der Waals surface area contributed by atoms with Crippen LogP contribution in [0.5, 0.6) is 5.75 Å². The highest BCUT2D eigenvalue weighted by molar-refractivity contribution is 6.04. The highest BCUT2D eigenvalue weighted by atomic mass is 19.1. The Hall–Kier alpha value is -2.18. The number of imide groups is 1. The zero-order valence-corrected chi connectivity index (χ0v) is 8.71. The molecule has 0 saturated carbocycles. The molecule has 1 aromatic rings. The predicted octanol–water partition coefficient (Wildman–Crippen LogP) is 0.854. The van der Waals surface area contributed by atoms with Gasteiger partial charge in [-0.15, -0.1) is 0 Å². The number of hydrogen-bond donors (Lipinski definition) is 2. The summed E-state index contributed by atoms with van der Waals surface area (Å²) < 4.78 is 31.9. The highest BCUT2D eigenvalue weighted by Crippen LogP contribution is 2.27. The molecular formula is C10H8F2N2O3. The minimum atomic E-state index is -1.35. The summed E-state index contributed by atoms with van der Waals surface area (Å²) in [7, 11) is 1.26. The molecule has 0 bridgehead atoms. The highest BCUT2D eigenvalue weighted by Gasteiger charge is 2.35. The molecule has 1 unspecified atom stereocenters. The number of nitrogens with one attached hydrogen (secondary N) is 2. The Morgan fingerprint density at radius 1 is 1.24 bits per heavy atom. The van der Waals surface area contributed by atoms with E-state index in [1.165, 1.54) is 7.11 Å². The number of methoxy groups -OCH3 is 1. The maximum Gasteiger partial charge on any atom is 0.322 e. The third-order valence-electron chi connectivity index (χ3n) is 2.35. The quantitative estimate of drug-likeness (QED) is 0.755. The molecule has 2 N–H and O–H groups in total. The van der Waals surface area contributed by atoms with E-state index < -0.39 is 35.2 Å². The van der Waals surface area contributed by atoms with E-state index in [4.69, 9.17) is 0 Å².